The monoisotopic (exact) mass is 376 g/mol. The lowest BCUT2D eigenvalue weighted by Crippen LogP contribution is -2.54. The highest BCUT2D eigenvalue weighted by Gasteiger charge is 2.72. The van der Waals surface area contributed by atoms with Crippen LogP contribution in [0.3, 0.4) is 0 Å². The molecule has 9 heteroatoms. The number of hydrogen-bond donors (Lipinski definition) is 0. The molecule has 2 atom stereocenters. The molecule has 0 heterocycles. The van der Waals surface area contributed by atoms with Gasteiger partial charge in [0.1, 0.15) is 5.75 Å². The first kappa shape index (κ1) is 21.5. The highest BCUT2D eigenvalue weighted by Crippen LogP contribution is 2.51. The largest absolute Gasteiger partial charge is 0.491 e. The maximum atomic E-state index is 13.9. The number of halogens is 7. The molecule has 1 aromatic rings. The SMILES string of the molecule is CCC(C)Oc1cccc(C(CC(F)(C(F)(F)F)C(F)(F)F)OC)c1. The lowest BCUT2D eigenvalue weighted by atomic mass is 9.92. The van der Waals surface area contributed by atoms with E-state index in [0.29, 0.717) is 6.42 Å². The van der Waals surface area contributed by atoms with E-state index in [1.54, 1.807) is 6.92 Å². The molecule has 0 radical (unpaired) electrons. The van der Waals surface area contributed by atoms with E-state index in [0.717, 1.165) is 7.11 Å². The Bertz CT molecular complexity index is 540. The minimum Gasteiger partial charge on any atom is -0.491 e. The van der Waals surface area contributed by atoms with Gasteiger partial charge in [-0.05, 0) is 31.0 Å². The zero-order chi connectivity index (χ0) is 19.5. The van der Waals surface area contributed by atoms with E-state index in [-0.39, 0.29) is 17.4 Å². The summed E-state index contributed by atoms with van der Waals surface area (Å²) < 4.78 is 101. The van der Waals surface area contributed by atoms with E-state index >= 15 is 0 Å². The summed E-state index contributed by atoms with van der Waals surface area (Å²) >= 11 is 0. The second-order valence-corrected chi connectivity index (χ2v) is 5.63. The predicted octanol–water partition coefficient (Wildman–Crippen LogP) is 5.77. The van der Waals surface area contributed by atoms with Crippen molar-refractivity contribution in [2.45, 2.75) is 56.9 Å². The van der Waals surface area contributed by atoms with Crippen LogP contribution in [0.4, 0.5) is 30.7 Å². The van der Waals surface area contributed by atoms with Crippen molar-refractivity contribution in [3.63, 3.8) is 0 Å². The summed E-state index contributed by atoms with van der Waals surface area (Å²) in [6, 6.07) is 5.39. The number of ether oxygens (including phenoxy) is 2. The summed E-state index contributed by atoms with van der Waals surface area (Å²) in [5, 5.41) is 0. The molecule has 1 rings (SSSR count). The van der Waals surface area contributed by atoms with Crippen LogP contribution in [0.15, 0.2) is 24.3 Å². The summed E-state index contributed by atoms with van der Waals surface area (Å²) in [6.45, 7) is 3.59. The van der Waals surface area contributed by atoms with Crippen LogP contribution in [0.1, 0.15) is 38.4 Å². The molecule has 144 valence electrons. The van der Waals surface area contributed by atoms with Crippen LogP contribution in [0.25, 0.3) is 0 Å². The van der Waals surface area contributed by atoms with Crippen LogP contribution < -0.4 is 4.74 Å². The maximum absolute atomic E-state index is 13.9. The Labute approximate surface area is 140 Å². The molecule has 2 unspecified atom stereocenters. The van der Waals surface area contributed by atoms with Crippen LogP contribution in [0.2, 0.25) is 0 Å². The third kappa shape index (κ3) is 4.99. The standard InChI is InChI=1S/C16H19F7O2/c1-4-10(2)25-12-7-5-6-11(8-12)13(24-3)9-14(17,15(18,19)20)16(21,22)23/h5-8,10,13H,4,9H2,1-3H3. The topological polar surface area (TPSA) is 18.5 Å². The van der Waals surface area contributed by atoms with Gasteiger partial charge in [0, 0.05) is 13.5 Å². The molecular formula is C16H19F7O2. The zero-order valence-corrected chi connectivity index (χ0v) is 13.8. The van der Waals surface area contributed by atoms with E-state index < -0.39 is 30.5 Å². The molecule has 2 nitrogen and oxygen atoms in total. The van der Waals surface area contributed by atoms with Gasteiger partial charge in [-0.25, -0.2) is 4.39 Å². The fourth-order valence-corrected chi connectivity index (χ4v) is 2.09. The van der Waals surface area contributed by atoms with Crippen molar-refractivity contribution >= 4 is 0 Å². The molecule has 0 spiro atoms. The summed E-state index contributed by atoms with van der Waals surface area (Å²) in [5.74, 6) is 0.248. The Morgan fingerprint density at radius 1 is 1.00 bits per heavy atom. The molecule has 0 fully saturated rings. The normalized spacial score (nSPS) is 15.8. The molecule has 0 saturated carbocycles. The number of alkyl halides is 7. The fourth-order valence-electron chi connectivity index (χ4n) is 2.09. The van der Waals surface area contributed by atoms with Crippen molar-refractivity contribution < 1.29 is 40.2 Å². The summed E-state index contributed by atoms with van der Waals surface area (Å²) in [6.07, 6.45) is -15.5. The van der Waals surface area contributed by atoms with Gasteiger partial charge in [0.2, 0.25) is 0 Å². The van der Waals surface area contributed by atoms with E-state index in [1.807, 2.05) is 6.92 Å². The lowest BCUT2D eigenvalue weighted by molar-refractivity contribution is -0.348. The second kappa shape index (κ2) is 7.80. The Balaban J connectivity index is 3.15. The van der Waals surface area contributed by atoms with Gasteiger partial charge >= 0.3 is 18.0 Å². The molecule has 0 N–H and O–H groups in total. The summed E-state index contributed by atoms with van der Waals surface area (Å²) in [7, 11) is 0.917. The molecule has 0 amide bonds. The first-order chi connectivity index (χ1) is 11.4. The quantitative estimate of drug-likeness (QED) is 0.562. The molecular weight excluding hydrogens is 357 g/mol. The molecule has 1 aromatic carbocycles. The number of benzene rings is 1. The highest BCUT2D eigenvalue weighted by molar-refractivity contribution is 5.30. The van der Waals surface area contributed by atoms with Crippen LogP contribution in [-0.2, 0) is 4.74 Å². The molecule has 0 aromatic heterocycles. The Morgan fingerprint density at radius 2 is 1.56 bits per heavy atom. The van der Waals surface area contributed by atoms with Gasteiger partial charge in [-0.15, -0.1) is 0 Å². The van der Waals surface area contributed by atoms with Crippen molar-refractivity contribution in [3.05, 3.63) is 29.8 Å². The van der Waals surface area contributed by atoms with E-state index in [9.17, 15) is 30.7 Å². The van der Waals surface area contributed by atoms with Crippen LogP contribution in [-0.4, -0.2) is 31.2 Å². The van der Waals surface area contributed by atoms with Gasteiger partial charge in [-0.1, -0.05) is 19.1 Å². The van der Waals surface area contributed by atoms with Crippen molar-refractivity contribution in [3.8, 4) is 5.75 Å². The number of methoxy groups -OCH3 is 1. The lowest BCUT2D eigenvalue weighted by Gasteiger charge is -2.32. The van der Waals surface area contributed by atoms with Crippen molar-refractivity contribution in [1.29, 1.82) is 0 Å². The van der Waals surface area contributed by atoms with E-state index in [2.05, 4.69) is 0 Å². The molecule has 0 aliphatic carbocycles. The second-order valence-electron chi connectivity index (χ2n) is 5.63. The average molecular weight is 376 g/mol. The van der Waals surface area contributed by atoms with Gasteiger partial charge < -0.3 is 9.47 Å². The van der Waals surface area contributed by atoms with E-state index in [4.69, 9.17) is 9.47 Å². The van der Waals surface area contributed by atoms with Crippen LogP contribution in [0.5, 0.6) is 5.75 Å². The van der Waals surface area contributed by atoms with Gasteiger partial charge in [0.25, 0.3) is 0 Å². The fraction of sp³-hybridized carbons (Fsp3) is 0.625. The highest BCUT2D eigenvalue weighted by atomic mass is 19.4. The Morgan fingerprint density at radius 3 is 2.00 bits per heavy atom. The molecule has 25 heavy (non-hydrogen) atoms. The van der Waals surface area contributed by atoms with Gasteiger partial charge in [0.05, 0.1) is 12.2 Å². The molecule has 0 saturated heterocycles. The maximum Gasteiger partial charge on any atom is 0.431 e. The smallest absolute Gasteiger partial charge is 0.431 e. The minimum absolute atomic E-state index is 0.0428. The number of rotatable bonds is 7. The van der Waals surface area contributed by atoms with Gasteiger partial charge in [-0.2, -0.15) is 26.3 Å². The van der Waals surface area contributed by atoms with E-state index in [1.165, 1.54) is 24.3 Å². The summed E-state index contributed by atoms with van der Waals surface area (Å²) in [4.78, 5) is 0. The Kier molecular flexibility index (Phi) is 6.72. The van der Waals surface area contributed by atoms with Crippen molar-refractivity contribution in [1.82, 2.24) is 0 Å². The molecule has 0 aliphatic heterocycles. The van der Waals surface area contributed by atoms with Crippen molar-refractivity contribution in [2.75, 3.05) is 7.11 Å². The zero-order valence-electron chi connectivity index (χ0n) is 13.8. The van der Waals surface area contributed by atoms with Crippen LogP contribution >= 0.6 is 0 Å². The van der Waals surface area contributed by atoms with Gasteiger partial charge in [0.15, 0.2) is 0 Å². The minimum atomic E-state index is -6.12. The van der Waals surface area contributed by atoms with Gasteiger partial charge in [-0.3, -0.25) is 0 Å². The number of hydrogen-bond acceptors (Lipinski definition) is 2. The summed E-state index contributed by atoms with van der Waals surface area (Å²) in [5.41, 5.74) is -5.42. The predicted molar refractivity (Wildman–Crippen MR) is 77.1 cm³/mol. The molecule has 0 bridgehead atoms. The first-order valence-electron chi connectivity index (χ1n) is 7.47. The third-order valence-electron chi connectivity index (χ3n) is 3.79. The first-order valence-corrected chi connectivity index (χ1v) is 7.47. The third-order valence-corrected chi connectivity index (χ3v) is 3.79. The average Bonchev–Trinajstić information content (AvgIpc) is 2.50. The Hall–Kier alpha value is -1.51. The van der Waals surface area contributed by atoms with Crippen LogP contribution in [0, 0.1) is 0 Å². The molecule has 0 aliphatic rings. The van der Waals surface area contributed by atoms with Crippen molar-refractivity contribution in [2.24, 2.45) is 0 Å².